The lowest BCUT2D eigenvalue weighted by molar-refractivity contribution is -0.137. The number of rotatable bonds is 7. The summed E-state index contributed by atoms with van der Waals surface area (Å²) in [6.07, 6.45) is 1.39. The molecule has 32 heavy (non-hydrogen) atoms. The summed E-state index contributed by atoms with van der Waals surface area (Å²) >= 11 is 0. The topological polar surface area (TPSA) is 119 Å². The Labute approximate surface area is 185 Å². The average molecular weight is 440 g/mol. The van der Waals surface area contributed by atoms with Crippen molar-refractivity contribution in [3.8, 4) is 11.5 Å². The Morgan fingerprint density at radius 1 is 1.06 bits per heavy atom. The molecule has 3 amide bonds. The van der Waals surface area contributed by atoms with Gasteiger partial charge in [-0.2, -0.15) is 5.10 Å². The van der Waals surface area contributed by atoms with E-state index in [-0.39, 0.29) is 12.5 Å². The maximum Gasteiger partial charge on any atom is 0.329 e. The molecular weight excluding hydrogens is 416 g/mol. The van der Waals surface area contributed by atoms with E-state index in [2.05, 4.69) is 15.8 Å². The Balaban J connectivity index is 1.43. The van der Waals surface area contributed by atoms with Crippen LogP contribution in [-0.2, 0) is 19.1 Å². The summed E-state index contributed by atoms with van der Waals surface area (Å²) in [5.41, 5.74) is 3.27. The molecule has 0 unspecified atom stereocenters. The Bertz CT molecular complexity index is 971. The third kappa shape index (κ3) is 6.81. The molecule has 0 aliphatic carbocycles. The Morgan fingerprint density at radius 3 is 2.53 bits per heavy atom. The molecule has 2 aromatic rings. The Morgan fingerprint density at radius 2 is 1.81 bits per heavy atom. The van der Waals surface area contributed by atoms with Crippen molar-refractivity contribution in [3.63, 3.8) is 0 Å². The SMILES string of the molecule is COc1cccc(NC(=O)C(=O)N/N=C\c2ccc(OCC(=O)N3CCOCC3)cc2)c1. The maximum absolute atomic E-state index is 12.1. The van der Waals surface area contributed by atoms with Crippen LogP contribution in [0, 0.1) is 0 Å². The number of nitrogens with one attached hydrogen (secondary N) is 2. The minimum absolute atomic E-state index is 0.0497. The van der Waals surface area contributed by atoms with E-state index in [1.165, 1.54) is 13.3 Å². The van der Waals surface area contributed by atoms with Crippen LogP contribution in [0.5, 0.6) is 11.5 Å². The minimum Gasteiger partial charge on any atom is -0.497 e. The van der Waals surface area contributed by atoms with Crippen LogP contribution >= 0.6 is 0 Å². The first kappa shape index (κ1) is 22.8. The predicted octanol–water partition coefficient (Wildman–Crippen LogP) is 1.02. The number of ether oxygens (including phenoxy) is 3. The van der Waals surface area contributed by atoms with Crippen molar-refractivity contribution in [1.82, 2.24) is 10.3 Å². The largest absolute Gasteiger partial charge is 0.497 e. The summed E-state index contributed by atoms with van der Waals surface area (Å²) in [6.45, 7) is 2.17. The van der Waals surface area contributed by atoms with Crippen LogP contribution in [0.15, 0.2) is 53.6 Å². The van der Waals surface area contributed by atoms with Crippen LogP contribution in [-0.4, -0.2) is 68.9 Å². The highest BCUT2D eigenvalue weighted by atomic mass is 16.5. The third-order valence-electron chi connectivity index (χ3n) is 4.52. The zero-order chi connectivity index (χ0) is 22.8. The van der Waals surface area contributed by atoms with Crippen molar-refractivity contribution in [3.05, 3.63) is 54.1 Å². The van der Waals surface area contributed by atoms with Gasteiger partial charge in [0, 0.05) is 24.8 Å². The minimum atomic E-state index is -0.911. The van der Waals surface area contributed by atoms with Crippen molar-refractivity contribution in [2.45, 2.75) is 0 Å². The smallest absolute Gasteiger partial charge is 0.329 e. The summed E-state index contributed by atoms with van der Waals surface area (Å²) in [7, 11) is 1.51. The molecule has 168 valence electrons. The molecule has 3 rings (SSSR count). The van der Waals surface area contributed by atoms with Gasteiger partial charge in [0.2, 0.25) is 0 Å². The van der Waals surface area contributed by atoms with E-state index in [1.807, 2.05) is 0 Å². The number of amides is 3. The van der Waals surface area contributed by atoms with Crippen LogP contribution in [0.3, 0.4) is 0 Å². The Hall–Kier alpha value is -3.92. The van der Waals surface area contributed by atoms with Crippen LogP contribution in [0.1, 0.15) is 5.56 Å². The molecule has 1 aliphatic heterocycles. The molecule has 0 atom stereocenters. The molecule has 0 spiro atoms. The van der Waals surface area contributed by atoms with Gasteiger partial charge in [-0.3, -0.25) is 14.4 Å². The fourth-order valence-electron chi connectivity index (χ4n) is 2.80. The van der Waals surface area contributed by atoms with Gasteiger partial charge in [0.1, 0.15) is 11.5 Å². The normalized spacial score (nSPS) is 13.5. The number of methoxy groups -OCH3 is 1. The molecule has 0 bridgehead atoms. The number of morpholine rings is 1. The van der Waals surface area contributed by atoms with Crippen molar-refractivity contribution in [2.75, 3.05) is 45.3 Å². The summed E-state index contributed by atoms with van der Waals surface area (Å²) in [6, 6.07) is 13.4. The fourth-order valence-corrected chi connectivity index (χ4v) is 2.80. The number of hydrogen-bond acceptors (Lipinski definition) is 7. The van der Waals surface area contributed by atoms with Crippen LogP contribution in [0.2, 0.25) is 0 Å². The van der Waals surface area contributed by atoms with Gasteiger partial charge in [-0.25, -0.2) is 5.43 Å². The first-order chi connectivity index (χ1) is 15.5. The van der Waals surface area contributed by atoms with Gasteiger partial charge in [0.05, 0.1) is 26.5 Å². The molecular formula is C22H24N4O6. The zero-order valence-corrected chi connectivity index (χ0v) is 17.6. The van der Waals surface area contributed by atoms with Crippen molar-refractivity contribution in [1.29, 1.82) is 0 Å². The molecule has 1 fully saturated rings. The molecule has 0 saturated carbocycles. The van der Waals surface area contributed by atoms with Gasteiger partial charge in [-0.15, -0.1) is 0 Å². The van der Waals surface area contributed by atoms with E-state index in [0.717, 1.165) is 0 Å². The molecule has 2 aromatic carbocycles. The van der Waals surface area contributed by atoms with E-state index < -0.39 is 11.8 Å². The van der Waals surface area contributed by atoms with Crippen LogP contribution in [0.4, 0.5) is 5.69 Å². The summed E-state index contributed by atoms with van der Waals surface area (Å²) in [5, 5.41) is 6.24. The number of carbonyl (C=O) groups is 3. The lowest BCUT2D eigenvalue weighted by Crippen LogP contribution is -2.42. The number of hydrogen-bond donors (Lipinski definition) is 2. The van der Waals surface area contributed by atoms with Crippen molar-refractivity contribution >= 4 is 29.6 Å². The van der Waals surface area contributed by atoms with Crippen LogP contribution in [0.25, 0.3) is 0 Å². The third-order valence-corrected chi connectivity index (χ3v) is 4.52. The van der Waals surface area contributed by atoms with Gasteiger partial charge in [-0.1, -0.05) is 6.07 Å². The van der Waals surface area contributed by atoms with Crippen molar-refractivity contribution < 1.29 is 28.6 Å². The first-order valence-electron chi connectivity index (χ1n) is 9.92. The molecule has 0 radical (unpaired) electrons. The van der Waals surface area contributed by atoms with Gasteiger partial charge < -0.3 is 24.4 Å². The van der Waals surface area contributed by atoms with Crippen molar-refractivity contribution in [2.24, 2.45) is 5.10 Å². The standard InChI is InChI=1S/C22H24N4O6/c1-30-19-4-2-3-17(13-19)24-21(28)22(29)25-23-14-16-5-7-18(8-6-16)32-15-20(27)26-9-11-31-12-10-26/h2-8,13-14H,9-12,15H2,1H3,(H,24,28)(H,25,29)/b23-14-. The van der Waals surface area contributed by atoms with E-state index in [0.29, 0.717) is 49.1 Å². The second kappa shape index (κ2) is 11.5. The molecule has 10 heteroatoms. The number of carbonyl (C=O) groups excluding carboxylic acids is 3. The van der Waals surface area contributed by atoms with Gasteiger partial charge >= 0.3 is 11.8 Å². The van der Waals surface area contributed by atoms with Gasteiger partial charge in [-0.05, 0) is 42.0 Å². The summed E-state index contributed by atoms with van der Waals surface area (Å²) in [5.74, 6) is -0.770. The maximum atomic E-state index is 12.1. The molecule has 2 N–H and O–H groups in total. The van der Waals surface area contributed by atoms with E-state index in [1.54, 1.807) is 53.4 Å². The summed E-state index contributed by atoms with van der Waals surface area (Å²) < 4.78 is 15.8. The second-order valence-electron chi connectivity index (χ2n) is 6.74. The average Bonchev–Trinajstić information content (AvgIpc) is 2.83. The van der Waals surface area contributed by atoms with Gasteiger partial charge in [0.15, 0.2) is 6.61 Å². The van der Waals surface area contributed by atoms with E-state index in [9.17, 15) is 14.4 Å². The summed E-state index contributed by atoms with van der Waals surface area (Å²) in [4.78, 5) is 37.6. The molecule has 1 saturated heterocycles. The molecule has 0 aromatic heterocycles. The van der Waals surface area contributed by atoms with E-state index >= 15 is 0 Å². The molecule has 1 heterocycles. The number of nitrogens with zero attached hydrogens (tertiary/aromatic N) is 2. The Kier molecular flexibility index (Phi) is 8.15. The number of anilines is 1. The first-order valence-corrected chi connectivity index (χ1v) is 9.92. The highest BCUT2D eigenvalue weighted by Gasteiger charge is 2.17. The quantitative estimate of drug-likeness (QED) is 0.377. The number of benzene rings is 2. The second-order valence-corrected chi connectivity index (χ2v) is 6.74. The van der Waals surface area contributed by atoms with Gasteiger partial charge in [0.25, 0.3) is 5.91 Å². The van der Waals surface area contributed by atoms with Crippen LogP contribution < -0.4 is 20.2 Å². The lowest BCUT2D eigenvalue weighted by atomic mass is 10.2. The monoisotopic (exact) mass is 440 g/mol. The predicted molar refractivity (Wildman–Crippen MR) is 117 cm³/mol. The molecule has 10 nitrogen and oxygen atoms in total. The molecule has 1 aliphatic rings. The number of hydrazone groups is 1. The highest BCUT2D eigenvalue weighted by Crippen LogP contribution is 2.16. The zero-order valence-electron chi connectivity index (χ0n) is 17.6. The lowest BCUT2D eigenvalue weighted by Gasteiger charge is -2.26. The highest BCUT2D eigenvalue weighted by molar-refractivity contribution is 6.39. The fraction of sp³-hybridized carbons (Fsp3) is 0.273. The van der Waals surface area contributed by atoms with E-state index in [4.69, 9.17) is 14.2 Å².